The summed E-state index contributed by atoms with van der Waals surface area (Å²) in [5.74, 6) is 0.120. The fraction of sp³-hybridized carbons (Fsp3) is 0.389. The predicted octanol–water partition coefficient (Wildman–Crippen LogP) is 4.67. The first kappa shape index (κ1) is 13.3. The normalized spacial score (nSPS) is 19.8. The number of ether oxygens (including phenoxy) is 1. The highest BCUT2D eigenvalue weighted by Crippen LogP contribution is 2.33. The standard InChI is InChI=1S/C18H20O2/c1-13(19)14-10-11-17(16-8-5-4-7-15(14)16)18-9-3-2-6-12-20-18/h4-5,7-8,10-11,18H,2-3,6,9,12H2,1H3. The molecule has 2 nitrogen and oxygen atoms in total. The van der Waals surface area contributed by atoms with Gasteiger partial charge in [0, 0.05) is 12.2 Å². The second kappa shape index (κ2) is 5.76. The monoisotopic (exact) mass is 268 g/mol. The molecular formula is C18H20O2. The van der Waals surface area contributed by atoms with Crippen molar-refractivity contribution in [3.8, 4) is 0 Å². The Morgan fingerprint density at radius 2 is 1.85 bits per heavy atom. The summed E-state index contributed by atoms with van der Waals surface area (Å²) in [7, 11) is 0. The molecule has 20 heavy (non-hydrogen) atoms. The number of carbonyl (C=O) groups is 1. The Labute approximate surface area is 119 Å². The van der Waals surface area contributed by atoms with Crippen LogP contribution in [0.1, 0.15) is 54.6 Å². The molecule has 0 saturated carbocycles. The molecule has 0 aromatic heterocycles. The van der Waals surface area contributed by atoms with Crippen LogP contribution in [-0.4, -0.2) is 12.4 Å². The van der Waals surface area contributed by atoms with Crippen molar-refractivity contribution < 1.29 is 9.53 Å². The predicted molar refractivity (Wildman–Crippen MR) is 81.1 cm³/mol. The van der Waals surface area contributed by atoms with E-state index in [0.29, 0.717) is 0 Å². The smallest absolute Gasteiger partial charge is 0.160 e. The van der Waals surface area contributed by atoms with E-state index in [1.807, 2.05) is 24.3 Å². The van der Waals surface area contributed by atoms with Gasteiger partial charge in [0.25, 0.3) is 0 Å². The van der Waals surface area contributed by atoms with Crippen molar-refractivity contribution in [1.82, 2.24) is 0 Å². The Morgan fingerprint density at radius 1 is 1.05 bits per heavy atom. The molecule has 1 atom stereocenters. The summed E-state index contributed by atoms with van der Waals surface area (Å²) in [5.41, 5.74) is 2.03. The molecule has 0 aliphatic carbocycles. The number of hydrogen-bond acceptors (Lipinski definition) is 2. The fourth-order valence-corrected chi connectivity index (χ4v) is 3.07. The van der Waals surface area contributed by atoms with Crippen LogP contribution in [0.25, 0.3) is 10.8 Å². The molecule has 2 heteroatoms. The zero-order valence-corrected chi connectivity index (χ0v) is 11.9. The van der Waals surface area contributed by atoms with Gasteiger partial charge in [-0.05, 0) is 36.1 Å². The third-order valence-electron chi connectivity index (χ3n) is 4.11. The first-order valence-electron chi connectivity index (χ1n) is 7.41. The van der Waals surface area contributed by atoms with E-state index in [9.17, 15) is 4.79 Å². The van der Waals surface area contributed by atoms with Crippen molar-refractivity contribution in [2.45, 2.75) is 38.7 Å². The lowest BCUT2D eigenvalue weighted by atomic mass is 9.93. The maximum atomic E-state index is 11.8. The molecule has 1 heterocycles. The Morgan fingerprint density at radius 3 is 2.65 bits per heavy atom. The highest BCUT2D eigenvalue weighted by Gasteiger charge is 2.18. The maximum absolute atomic E-state index is 11.8. The van der Waals surface area contributed by atoms with Gasteiger partial charge >= 0.3 is 0 Å². The molecule has 1 fully saturated rings. The summed E-state index contributed by atoms with van der Waals surface area (Å²) in [6.07, 6.45) is 4.86. The first-order valence-corrected chi connectivity index (χ1v) is 7.41. The Hall–Kier alpha value is -1.67. The highest BCUT2D eigenvalue weighted by atomic mass is 16.5. The molecule has 1 saturated heterocycles. The molecule has 0 spiro atoms. The molecule has 1 unspecified atom stereocenters. The number of hydrogen-bond donors (Lipinski definition) is 0. The summed E-state index contributed by atoms with van der Waals surface area (Å²) in [6, 6.07) is 12.2. The van der Waals surface area contributed by atoms with E-state index in [0.717, 1.165) is 35.8 Å². The Bertz CT molecular complexity index is 622. The van der Waals surface area contributed by atoms with Gasteiger partial charge in [0.1, 0.15) is 0 Å². The van der Waals surface area contributed by atoms with Crippen molar-refractivity contribution in [3.05, 3.63) is 47.5 Å². The van der Waals surface area contributed by atoms with E-state index in [2.05, 4.69) is 12.1 Å². The SMILES string of the molecule is CC(=O)c1ccc(C2CCCCCO2)c2ccccc12. The van der Waals surface area contributed by atoms with Crippen LogP contribution in [0.4, 0.5) is 0 Å². The molecule has 0 amide bonds. The lowest BCUT2D eigenvalue weighted by Crippen LogP contribution is -2.05. The van der Waals surface area contributed by atoms with Crippen molar-refractivity contribution in [2.75, 3.05) is 6.61 Å². The molecule has 2 aromatic rings. The summed E-state index contributed by atoms with van der Waals surface area (Å²) in [6.45, 7) is 2.47. The molecule has 1 aliphatic heterocycles. The molecule has 1 aliphatic rings. The van der Waals surface area contributed by atoms with Crippen LogP contribution in [0, 0.1) is 0 Å². The van der Waals surface area contributed by atoms with Crippen molar-refractivity contribution in [2.24, 2.45) is 0 Å². The first-order chi connectivity index (χ1) is 9.77. The van der Waals surface area contributed by atoms with Gasteiger partial charge in [-0.2, -0.15) is 0 Å². The lowest BCUT2D eigenvalue weighted by molar-refractivity contribution is 0.0593. The van der Waals surface area contributed by atoms with Gasteiger partial charge in [-0.3, -0.25) is 4.79 Å². The quantitative estimate of drug-likeness (QED) is 0.739. The molecule has 3 rings (SSSR count). The van der Waals surface area contributed by atoms with Gasteiger partial charge in [0.05, 0.1) is 6.10 Å². The van der Waals surface area contributed by atoms with Crippen LogP contribution >= 0.6 is 0 Å². The molecule has 104 valence electrons. The van der Waals surface area contributed by atoms with Gasteiger partial charge in [0.2, 0.25) is 0 Å². The summed E-state index contributed by atoms with van der Waals surface area (Å²) >= 11 is 0. The van der Waals surface area contributed by atoms with Gasteiger partial charge in [-0.15, -0.1) is 0 Å². The van der Waals surface area contributed by atoms with E-state index < -0.39 is 0 Å². The zero-order chi connectivity index (χ0) is 13.9. The van der Waals surface area contributed by atoms with Gasteiger partial charge in [-0.25, -0.2) is 0 Å². The number of carbonyl (C=O) groups excluding carboxylic acids is 1. The van der Waals surface area contributed by atoms with Crippen LogP contribution in [0.2, 0.25) is 0 Å². The van der Waals surface area contributed by atoms with Gasteiger partial charge in [0.15, 0.2) is 5.78 Å². The molecule has 2 aromatic carbocycles. The van der Waals surface area contributed by atoms with Crippen LogP contribution in [0.15, 0.2) is 36.4 Å². The largest absolute Gasteiger partial charge is 0.374 e. The molecule has 0 radical (unpaired) electrons. The molecule has 0 N–H and O–H groups in total. The number of benzene rings is 2. The Kier molecular flexibility index (Phi) is 3.83. The van der Waals surface area contributed by atoms with Crippen LogP contribution in [0.5, 0.6) is 0 Å². The molecular weight excluding hydrogens is 248 g/mol. The lowest BCUT2D eigenvalue weighted by Gasteiger charge is -2.18. The average molecular weight is 268 g/mol. The van der Waals surface area contributed by atoms with Crippen molar-refractivity contribution in [3.63, 3.8) is 0 Å². The Balaban J connectivity index is 2.12. The number of rotatable bonds is 2. The van der Waals surface area contributed by atoms with E-state index in [4.69, 9.17) is 4.74 Å². The minimum Gasteiger partial charge on any atom is -0.374 e. The van der Waals surface area contributed by atoms with Gasteiger partial charge < -0.3 is 4.74 Å². The zero-order valence-electron chi connectivity index (χ0n) is 11.9. The third kappa shape index (κ3) is 2.48. The summed E-state index contributed by atoms with van der Waals surface area (Å²) < 4.78 is 6.01. The summed E-state index contributed by atoms with van der Waals surface area (Å²) in [4.78, 5) is 11.8. The third-order valence-corrected chi connectivity index (χ3v) is 4.11. The summed E-state index contributed by atoms with van der Waals surface area (Å²) in [5, 5.41) is 2.21. The van der Waals surface area contributed by atoms with Crippen molar-refractivity contribution in [1.29, 1.82) is 0 Å². The second-order valence-electron chi connectivity index (χ2n) is 5.51. The van der Waals surface area contributed by atoms with Crippen LogP contribution in [-0.2, 0) is 4.74 Å². The number of ketones is 1. The van der Waals surface area contributed by atoms with Crippen LogP contribution in [0.3, 0.4) is 0 Å². The molecule has 0 bridgehead atoms. The number of fused-ring (bicyclic) bond motifs is 1. The van der Waals surface area contributed by atoms with E-state index in [1.165, 1.54) is 18.4 Å². The van der Waals surface area contributed by atoms with Gasteiger partial charge in [-0.1, -0.05) is 49.2 Å². The maximum Gasteiger partial charge on any atom is 0.160 e. The number of Topliss-reactive ketones (excluding diaryl/α,β-unsaturated/α-hetero) is 1. The van der Waals surface area contributed by atoms with Crippen LogP contribution < -0.4 is 0 Å². The van der Waals surface area contributed by atoms with E-state index in [1.54, 1.807) is 6.92 Å². The van der Waals surface area contributed by atoms with E-state index in [-0.39, 0.29) is 11.9 Å². The minimum absolute atomic E-state index is 0.120. The van der Waals surface area contributed by atoms with E-state index >= 15 is 0 Å². The second-order valence-corrected chi connectivity index (χ2v) is 5.51. The average Bonchev–Trinajstić information content (AvgIpc) is 2.75. The minimum atomic E-state index is 0.120. The van der Waals surface area contributed by atoms with Crippen molar-refractivity contribution >= 4 is 16.6 Å². The highest BCUT2D eigenvalue weighted by molar-refractivity contribution is 6.07. The topological polar surface area (TPSA) is 26.3 Å². The fourth-order valence-electron chi connectivity index (χ4n) is 3.07.